The van der Waals surface area contributed by atoms with Gasteiger partial charge < -0.3 is 15.4 Å². The number of esters is 2. The van der Waals surface area contributed by atoms with Gasteiger partial charge in [0.1, 0.15) is 6.04 Å². The Morgan fingerprint density at radius 1 is 1.19 bits per heavy atom. The number of nitrogens with one attached hydrogen (secondary N) is 2. The number of rotatable bonds is 5. The van der Waals surface area contributed by atoms with Crippen LogP contribution in [0.15, 0.2) is 30.6 Å². The van der Waals surface area contributed by atoms with Crippen LogP contribution in [0.3, 0.4) is 0 Å². The van der Waals surface area contributed by atoms with Gasteiger partial charge in [-0.3, -0.25) is 19.2 Å². The zero-order valence-electron chi connectivity index (χ0n) is 14.6. The number of carbonyl (C=O) groups excluding carboxylic acids is 5. The third kappa shape index (κ3) is 3.76. The van der Waals surface area contributed by atoms with Gasteiger partial charge in [0.05, 0.1) is 0 Å². The van der Waals surface area contributed by atoms with Crippen LogP contribution in [0, 0.1) is 0 Å². The summed E-state index contributed by atoms with van der Waals surface area (Å²) in [5, 5.41) is 4.95. The highest BCUT2D eigenvalue weighted by Crippen LogP contribution is 2.31. The van der Waals surface area contributed by atoms with Crippen LogP contribution in [-0.4, -0.2) is 41.1 Å². The van der Waals surface area contributed by atoms with E-state index in [4.69, 9.17) is 0 Å². The van der Waals surface area contributed by atoms with Gasteiger partial charge in [-0.25, -0.2) is 4.79 Å². The van der Waals surface area contributed by atoms with Crippen molar-refractivity contribution >= 4 is 29.5 Å². The average Bonchev–Trinajstić information content (AvgIpc) is 2.84. The molecule has 1 aromatic heterocycles. The van der Waals surface area contributed by atoms with Crippen LogP contribution < -0.4 is 15.2 Å². The normalized spacial score (nSPS) is 22.9. The zero-order valence-corrected chi connectivity index (χ0v) is 14.6. The topological polar surface area (TPSA) is 123 Å². The molecule has 1 saturated heterocycles. The number of amides is 2. The van der Waals surface area contributed by atoms with Crippen molar-refractivity contribution in [2.45, 2.75) is 44.8 Å². The van der Waals surface area contributed by atoms with Crippen molar-refractivity contribution in [3.05, 3.63) is 30.6 Å². The number of pyridine rings is 1. The Bertz CT molecular complexity index is 763. The lowest BCUT2D eigenvalue weighted by Crippen LogP contribution is -2.66. The molecular weight excluding hydrogens is 342 g/mol. The molecule has 2 N–H and O–H groups in total. The largest absolute Gasteiger partial charge is 0.392 e. The van der Waals surface area contributed by atoms with Crippen LogP contribution in [0.2, 0.25) is 0 Å². The summed E-state index contributed by atoms with van der Waals surface area (Å²) in [4.78, 5) is 60.0. The van der Waals surface area contributed by atoms with E-state index in [9.17, 15) is 24.0 Å². The number of ether oxygens (including phenoxy) is 1. The molecule has 2 heterocycles. The quantitative estimate of drug-likeness (QED) is 0.392. The highest BCUT2D eigenvalue weighted by molar-refractivity contribution is 6.02. The van der Waals surface area contributed by atoms with Crippen LogP contribution >= 0.6 is 0 Å². The second kappa shape index (κ2) is 7.42. The molecule has 9 nitrogen and oxygen atoms in total. The Balaban J connectivity index is 2.49. The molecular formula is C17H20N3O6+. The molecule has 3 atom stereocenters. The molecule has 0 radical (unpaired) electrons. The van der Waals surface area contributed by atoms with E-state index in [1.54, 1.807) is 30.6 Å². The number of carbonyl (C=O) groups is 5. The smallest absolute Gasteiger partial charge is 0.336 e. The number of ketones is 1. The molecule has 0 aliphatic carbocycles. The van der Waals surface area contributed by atoms with Crippen molar-refractivity contribution in [3.8, 4) is 0 Å². The fourth-order valence-corrected chi connectivity index (χ4v) is 3.23. The van der Waals surface area contributed by atoms with E-state index in [-0.39, 0.29) is 12.2 Å². The monoisotopic (exact) mass is 362 g/mol. The van der Waals surface area contributed by atoms with Gasteiger partial charge in [-0.2, -0.15) is 4.57 Å². The maximum atomic E-state index is 12.8. The molecule has 1 aliphatic heterocycles. The first-order valence-electron chi connectivity index (χ1n) is 7.95. The fraction of sp³-hybridized carbons (Fsp3) is 0.412. The summed E-state index contributed by atoms with van der Waals surface area (Å²) >= 11 is 0. The van der Waals surface area contributed by atoms with Gasteiger partial charge in [0.15, 0.2) is 17.9 Å². The zero-order chi connectivity index (χ0) is 19.5. The van der Waals surface area contributed by atoms with Crippen molar-refractivity contribution in [1.82, 2.24) is 10.6 Å². The molecule has 0 aromatic carbocycles. The lowest BCUT2D eigenvalue weighted by Gasteiger charge is -2.30. The second-order valence-corrected chi connectivity index (χ2v) is 6.13. The Morgan fingerprint density at radius 3 is 2.31 bits per heavy atom. The summed E-state index contributed by atoms with van der Waals surface area (Å²) in [7, 11) is 0. The van der Waals surface area contributed by atoms with E-state index >= 15 is 0 Å². The first-order valence-corrected chi connectivity index (χ1v) is 7.95. The molecule has 2 amide bonds. The van der Waals surface area contributed by atoms with Crippen molar-refractivity contribution < 1.29 is 33.3 Å². The van der Waals surface area contributed by atoms with E-state index in [2.05, 4.69) is 15.4 Å². The highest BCUT2D eigenvalue weighted by Gasteiger charge is 2.61. The highest BCUT2D eigenvalue weighted by atomic mass is 16.6. The summed E-state index contributed by atoms with van der Waals surface area (Å²) in [5.74, 6) is -3.38. The molecule has 0 spiro atoms. The second-order valence-electron chi connectivity index (χ2n) is 6.13. The molecule has 0 bridgehead atoms. The van der Waals surface area contributed by atoms with Crippen LogP contribution in [0.25, 0.3) is 0 Å². The fourth-order valence-electron chi connectivity index (χ4n) is 3.23. The minimum Gasteiger partial charge on any atom is -0.392 e. The lowest BCUT2D eigenvalue weighted by molar-refractivity contribution is -0.714. The Hall–Kier alpha value is -3.10. The summed E-state index contributed by atoms with van der Waals surface area (Å²) < 4.78 is 6.03. The van der Waals surface area contributed by atoms with E-state index in [0.717, 1.165) is 6.92 Å². The molecule has 1 aromatic rings. The number of aromatic nitrogens is 1. The molecule has 138 valence electrons. The van der Waals surface area contributed by atoms with E-state index in [1.807, 2.05) is 0 Å². The summed E-state index contributed by atoms with van der Waals surface area (Å²) in [6.45, 7) is 3.57. The summed E-state index contributed by atoms with van der Waals surface area (Å²) in [5.41, 5.74) is -1.69. The minimum atomic E-state index is -1.69. The van der Waals surface area contributed by atoms with Crippen LogP contribution in [0.4, 0.5) is 0 Å². The Labute approximate surface area is 149 Å². The van der Waals surface area contributed by atoms with Gasteiger partial charge in [0.2, 0.25) is 17.7 Å². The summed E-state index contributed by atoms with van der Waals surface area (Å²) in [6.07, 6.45) is 2.94. The van der Waals surface area contributed by atoms with Gasteiger partial charge in [-0.05, 0) is 0 Å². The molecule has 1 fully saturated rings. The SMILES string of the molecule is CC(=O)NC1(C(C(C)=O)[n+]2ccccc2)CC(C(=O)OC(C)=O)NC1=O. The van der Waals surface area contributed by atoms with Crippen LogP contribution in [0.1, 0.15) is 33.2 Å². The molecule has 9 heteroatoms. The summed E-state index contributed by atoms with van der Waals surface area (Å²) in [6, 6.07) is 2.84. The standard InChI is InChI=1S/C17H19N3O6/c1-10(21)14(20-7-5-4-6-8-20)17(19-11(2)22)9-13(18-16(17)25)15(24)26-12(3)23/h4-8,13-14H,9H2,1-3H3,(H-,18,19,22,25)/p+1. The Morgan fingerprint density at radius 2 is 1.81 bits per heavy atom. The van der Waals surface area contributed by atoms with Crippen LogP contribution in [-0.2, 0) is 28.7 Å². The third-order valence-electron chi connectivity index (χ3n) is 4.05. The maximum absolute atomic E-state index is 12.8. The van der Waals surface area contributed by atoms with Crippen molar-refractivity contribution in [3.63, 3.8) is 0 Å². The number of hydrogen-bond acceptors (Lipinski definition) is 6. The molecule has 1 aliphatic rings. The third-order valence-corrected chi connectivity index (χ3v) is 4.05. The number of Topliss-reactive ketones (excluding diaryl/α,β-unsaturated/α-hetero) is 1. The van der Waals surface area contributed by atoms with E-state index < -0.39 is 41.4 Å². The van der Waals surface area contributed by atoms with Gasteiger partial charge in [0.25, 0.3) is 5.91 Å². The number of hydrogen-bond donors (Lipinski definition) is 2. The molecule has 0 saturated carbocycles. The lowest BCUT2D eigenvalue weighted by atomic mass is 9.83. The molecule has 3 unspecified atom stereocenters. The minimum absolute atomic E-state index is 0.232. The number of nitrogens with zero attached hydrogens (tertiary/aromatic N) is 1. The van der Waals surface area contributed by atoms with Crippen molar-refractivity contribution in [1.29, 1.82) is 0 Å². The maximum Gasteiger partial charge on any atom is 0.336 e. The van der Waals surface area contributed by atoms with Gasteiger partial charge in [0, 0.05) is 39.3 Å². The Kier molecular flexibility index (Phi) is 5.49. The van der Waals surface area contributed by atoms with Gasteiger partial charge in [-0.1, -0.05) is 6.07 Å². The van der Waals surface area contributed by atoms with E-state index in [0.29, 0.717) is 0 Å². The van der Waals surface area contributed by atoms with Crippen LogP contribution in [0.5, 0.6) is 0 Å². The van der Waals surface area contributed by atoms with E-state index in [1.165, 1.54) is 18.4 Å². The average molecular weight is 362 g/mol. The van der Waals surface area contributed by atoms with Gasteiger partial charge >= 0.3 is 11.9 Å². The predicted octanol–water partition coefficient (Wildman–Crippen LogP) is -1.04. The predicted molar refractivity (Wildman–Crippen MR) is 86.2 cm³/mol. The van der Waals surface area contributed by atoms with Crippen molar-refractivity contribution in [2.24, 2.45) is 0 Å². The molecule has 2 rings (SSSR count). The van der Waals surface area contributed by atoms with Crippen molar-refractivity contribution in [2.75, 3.05) is 0 Å². The first-order chi connectivity index (χ1) is 12.2. The first kappa shape index (κ1) is 19.2. The molecule has 26 heavy (non-hydrogen) atoms. The van der Waals surface area contributed by atoms with Gasteiger partial charge in [-0.15, -0.1) is 0 Å².